The van der Waals surface area contributed by atoms with Crippen molar-refractivity contribution < 1.29 is 14.7 Å². The van der Waals surface area contributed by atoms with Gasteiger partial charge >= 0.3 is 0 Å². The fourth-order valence-electron chi connectivity index (χ4n) is 3.09. The minimum atomic E-state index is -0.212. The number of aromatic hydroxyl groups is 1. The molecule has 0 bridgehead atoms. The van der Waals surface area contributed by atoms with Gasteiger partial charge in [0.15, 0.2) is 0 Å². The summed E-state index contributed by atoms with van der Waals surface area (Å²) < 4.78 is 0. The fourth-order valence-corrected chi connectivity index (χ4v) is 3.25. The molecule has 2 aliphatic rings. The number of phenolic OH excluding ortho intramolecular Hbond substituents is 1. The molecule has 2 amide bonds. The maximum atomic E-state index is 12.3. The first-order chi connectivity index (χ1) is 9.09. The number of carbonyl (C=O) groups excluding carboxylic acids is 2. The van der Waals surface area contributed by atoms with E-state index in [1.165, 1.54) is 12.1 Å². The van der Waals surface area contributed by atoms with E-state index >= 15 is 0 Å². The number of nitrogens with zero attached hydrogens (tertiary/aromatic N) is 1. The van der Waals surface area contributed by atoms with Crippen molar-refractivity contribution in [1.82, 2.24) is 0 Å². The van der Waals surface area contributed by atoms with Gasteiger partial charge in [0.05, 0.1) is 17.5 Å². The molecule has 0 spiro atoms. The molecule has 100 valence electrons. The van der Waals surface area contributed by atoms with E-state index in [2.05, 4.69) is 0 Å². The second-order valence-electron chi connectivity index (χ2n) is 5.14. The molecule has 3 rings (SSSR count). The highest BCUT2D eigenvalue weighted by molar-refractivity contribution is 6.31. The number of hydrogen-bond donors (Lipinski definition) is 1. The van der Waals surface area contributed by atoms with Crippen molar-refractivity contribution in [1.29, 1.82) is 0 Å². The number of amides is 2. The lowest BCUT2D eigenvalue weighted by Crippen LogP contribution is -2.30. The van der Waals surface area contributed by atoms with E-state index in [-0.39, 0.29) is 35.1 Å². The van der Waals surface area contributed by atoms with Crippen LogP contribution in [0.1, 0.15) is 25.7 Å². The van der Waals surface area contributed by atoms with Crippen molar-refractivity contribution in [2.45, 2.75) is 25.7 Å². The quantitative estimate of drug-likeness (QED) is 0.804. The van der Waals surface area contributed by atoms with Crippen LogP contribution in [0.2, 0.25) is 5.02 Å². The van der Waals surface area contributed by atoms with Gasteiger partial charge in [-0.2, -0.15) is 0 Å². The molecule has 0 aromatic heterocycles. The van der Waals surface area contributed by atoms with Crippen LogP contribution < -0.4 is 4.90 Å². The third kappa shape index (κ3) is 1.91. The maximum absolute atomic E-state index is 12.3. The summed E-state index contributed by atoms with van der Waals surface area (Å²) in [6.45, 7) is 0. The molecular formula is C14H14ClNO3. The molecule has 5 heteroatoms. The highest BCUT2D eigenvalue weighted by Gasteiger charge is 2.49. The number of imide groups is 1. The summed E-state index contributed by atoms with van der Waals surface area (Å²) in [5, 5.41) is 10.3. The standard InChI is InChI=1S/C14H14ClNO3/c15-8-5-6-11(12(17)7-8)16-13(18)9-3-1-2-4-10(9)14(16)19/h5-7,9-10,17H,1-4H2/t9-,10+. The van der Waals surface area contributed by atoms with Crippen LogP contribution in [0.15, 0.2) is 18.2 Å². The first-order valence-electron chi connectivity index (χ1n) is 6.46. The van der Waals surface area contributed by atoms with Gasteiger partial charge in [-0.15, -0.1) is 0 Å². The maximum Gasteiger partial charge on any atom is 0.237 e. The van der Waals surface area contributed by atoms with Gasteiger partial charge in [0.25, 0.3) is 0 Å². The molecule has 1 aromatic rings. The highest BCUT2D eigenvalue weighted by Crippen LogP contribution is 2.42. The summed E-state index contributed by atoms with van der Waals surface area (Å²) in [5.74, 6) is -0.930. The zero-order valence-electron chi connectivity index (χ0n) is 10.3. The van der Waals surface area contributed by atoms with Crippen LogP contribution in [0.5, 0.6) is 5.75 Å². The average Bonchev–Trinajstić information content (AvgIpc) is 2.64. The summed E-state index contributed by atoms with van der Waals surface area (Å²) in [5.41, 5.74) is 0.244. The van der Waals surface area contributed by atoms with Crippen LogP contribution in [0.4, 0.5) is 5.69 Å². The number of carbonyl (C=O) groups is 2. The van der Waals surface area contributed by atoms with Crippen LogP contribution >= 0.6 is 11.6 Å². The zero-order chi connectivity index (χ0) is 13.6. The van der Waals surface area contributed by atoms with E-state index in [4.69, 9.17) is 11.6 Å². The third-order valence-corrected chi connectivity index (χ3v) is 4.25. The molecule has 1 saturated carbocycles. The molecule has 1 N–H and O–H groups in total. The molecular weight excluding hydrogens is 266 g/mol. The first-order valence-corrected chi connectivity index (χ1v) is 6.83. The Labute approximate surface area is 116 Å². The van der Waals surface area contributed by atoms with Crippen LogP contribution in [0.25, 0.3) is 0 Å². The van der Waals surface area contributed by atoms with Gasteiger partial charge in [-0.3, -0.25) is 9.59 Å². The van der Waals surface area contributed by atoms with Crippen molar-refractivity contribution in [3.63, 3.8) is 0 Å². The van der Waals surface area contributed by atoms with E-state index in [9.17, 15) is 14.7 Å². The second kappa shape index (κ2) is 4.53. The molecule has 2 fully saturated rings. The number of fused-ring (bicyclic) bond motifs is 1. The van der Waals surface area contributed by atoms with E-state index in [1.54, 1.807) is 6.07 Å². The van der Waals surface area contributed by atoms with Crippen LogP contribution in [-0.4, -0.2) is 16.9 Å². The van der Waals surface area contributed by atoms with Gasteiger partial charge in [0.1, 0.15) is 5.75 Å². The number of anilines is 1. The monoisotopic (exact) mass is 279 g/mol. The topological polar surface area (TPSA) is 57.6 Å². The Kier molecular flexibility index (Phi) is 2.97. The Hall–Kier alpha value is -1.55. The Morgan fingerprint density at radius 2 is 1.68 bits per heavy atom. The van der Waals surface area contributed by atoms with E-state index in [0.29, 0.717) is 5.02 Å². The number of benzene rings is 1. The van der Waals surface area contributed by atoms with Gasteiger partial charge in [-0.05, 0) is 25.0 Å². The average molecular weight is 280 g/mol. The van der Waals surface area contributed by atoms with E-state index < -0.39 is 0 Å². The van der Waals surface area contributed by atoms with Gasteiger partial charge in [0, 0.05) is 11.1 Å². The molecule has 1 heterocycles. The molecule has 1 saturated heterocycles. The predicted molar refractivity (Wildman–Crippen MR) is 71.1 cm³/mol. The zero-order valence-corrected chi connectivity index (χ0v) is 11.1. The largest absolute Gasteiger partial charge is 0.506 e. The Bertz CT molecular complexity index is 534. The SMILES string of the molecule is O=C1[C@H]2CCCC[C@H]2C(=O)N1c1ccc(Cl)cc1O. The molecule has 0 radical (unpaired) electrons. The normalized spacial score (nSPS) is 26.7. The summed E-state index contributed by atoms with van der Waals surface area (Å²) in [6.07, 6.45) is 3.50. The lowest BCUT2D eigenvalue weighted by atomic mass is 9.81. The summed E-state index contributed by atoms with van der Waals surface area (Å²) in [6, 6.07) is 4.43. The van der Waals surface area contributed by atoms with Crippen LogP contribution in [0, 0.1) is 11.8 Å². The highest BCUT2D eigenvalue weighted by atomic mass is 35.5. The first kappa shape index (κ1) is 12.5. The van der Waals surface area contributed by atoms with E-state index in [0.717, 1.165) is 30.6 Å². The van der Waals surface area contributed by atoms with Crippen molar-refractivity contribution in [3.8, 4) is 5.75 Å². The van der Waals surface area contributed by atoms with Gasteiger partial charge < -0.3 is 5.11 Å². The lowest BCUT2D eigenvalue weighted by molar-refractivity contribution is -0.122. The molecule has 2 atom stereocenters. The Morgan fingerprint density at radius 1 is 1.11 bits per heavy atom. The van der Waals surface area contributed by atoms with Gasteiger partial charge in [-0.25, -0.2) is 4.90 Å². The molecule has 1 aliphatic heterocycles. The van der Waals surface area contributed by atoms with E-state index in [1.807, 2.05) is 0 Å². The Morgan fingerprint density at radius 3 is 2.21 bits per heavy atom. The number of halogens is 1. The molecule has 0 unspecified atom stereocenters. The minimum Gasteiger partial charge on any atom is -0.506 e. The number of rotatable bonds is 1. The summed E-state index contributed by atoms with van der Waals surface area (Å²) in [7, 11) is 0. The van der Waals surface area contributed by atoms with Crippen LogP contribution in [0.3, 0.4) is 0 Å². The predicted octanol–water partition coefficient (Wildman–Crippen LogP) is 2.73. The van der Waals surface area contributed by atoms with Crippen molar-refractivity contribution in [2.75, 3.05) is 4.90 Å². The second-order valence-corrected chi connectivity index (χ2v) is 5.58. The van der Waals surface area contributed by atoms with Gasteiger partial charge in [-0.1, -0.05) is 24.4 Å². The lowest BCUT2D eigenvalue weighted by Gasteiger charge is -2.19. The van der Waals surface area contributed by atoms with Crippen molar-refractivity contribution in [2.24, 2.45) is 11.8 Å². The van der Waals surface area contributed by atoms with Crippen molar-refractivity contribution in [3.05, 3.63) is 23.2 Å². The number of hydrogen-bond acceptors (Lipinski definition) is 3. The fraction of sp³-hybridized carbons (Fsp3) is 0.429. The third-order valence-electron chi connectivity index (χ3n) is 4.02. The van der Waals surface area contributed by atoms with Gasteiger partial charge in [0.2, 0.25) is 11.8 Å². The minimum absolute atomic E-state index is 0.132. The summed E-state index contributed by atoms with van der Waals surface area (Å²) >= 11 is 5.77. The molecule has 4 nitrogen and oxygen atoms in total. The van der Waals surface area contributed by atoms with Crippen LogP contribution in [-0.2, 0) is 9.59 Å². The molecule has 19 heavy (non-hydrogen) atoms. The summed E-state index contributed by atoms with van der Waals surface area (Å²) in [4.78, 5) is 25.8. The number of phenols is 1. The smallest absolute Gasteiger partial charge is 0.237 e. The van der Waals surface area contributed by atoms with Crippen molar-refractivity contribution >= 4 is 29.1 Å². The molecule has 1 aliphatic carbocycles. The molecule has 1 aromatic carbocycles. The Balaban J connectivity index is 2.00.